The molecule has 0 atom stereocenters. The van der Waals surface area contributed by atoms with Crippen LogP contribution in [0.5, 0.6) is 5.75 Å². The molecule has 0 aliphatic rings. The Bertz CT molecular complexity index is 705. The van der Waals surface area contributed by atoms with E-state index < -0.39 is 4.92 Å². The van der Waals surface area contributed by atoms with Crippen LogP contribution in [-0.4, -0.2) is 29.6 Å². The molecule has 0 saturated carbocycles. The molecule has 2 rings (SSSR count). The quantitative estimate of drug-likeness (QED) is 0.519. The molecule has 21 heavy (non-hydrogen) atoms. The van der Waals surface area contributed by atoms with Gasteiger partial charge in [0.1, 0.15) is 11.3 Å². The van der Waals surface area contributed by atoms with E-state index in [4.69, 9.17) is 9.47 Å². The molecule has 0 unspecified atom stereocenters. The van der Waals surface area contributed by atoms with Crippen molar-refractivity contribution < 1.29 is 19.2 Å². The van der Waals surface area contributed by atoms with E-state index >= 15 is 0 Å². The highest BCUT2D eigenvalue weighted by atomic mass is 16.6. The number of nitro groups is 1. The Balaban J connectivity index is 2.61. The number of hydrogen-bond donors (Lipinski definition) is 1. The van der Waals surface area contributed by atoms with Gasteiger partial charge in [0.25, 0.3) is 5.69 Å². The van der Waals surface area contributed by atoms with E-state index in [0.29, 0.717) is 34.5 Å². The molecule has 0 saturated heterocycles. The van der Waals surface area contributed by atoms with Crippen LogP contribution in [0.4, 0.5) is 5.69 Å². The number of nitrogens with one attached hydrogen (secondary N) is 1. The lowest BCUT2D eigenvalue weighted by molar-refractivity contribution is -0.383. The first-order valence-electron chi connectivity index (χ1n) is 6.47. The van der Waals surface area contributed by atoms with Crippen molar-refractivity contribution in [3.63, 3.8) is 0 Å². The summed E-state index contributed by atoms with van der Waals surface area (Å²) in [5, 5.41) is 11.8. The maximum Gasteiger partial charge on any atom is 0.310 e. The van der Waals surface area contributed by atoms with E-state index in [1.54, 1.807) is 19.9 Å². The Morgan fingerprint density at radius 1 is 1.43 bits per heavy atom. The zero-order chi connectivity index (χ0) is 15.6. The van der Waals surface area contributed by atoms with Crippen LogP contribution in [-0.2, 0) is 16.0 Å². The minimum absolute atomic E-state index is 0.0595. The first-order valence-corrected chi connectivity index (χ1v) is 6.47. The summed E-state index contributed by atoms with van der Waals surface area (Å²) >= 11 is 0. The zero-order valence-electron chi connectivity index (χ0n) is 12.1. The third kappa shape index (κ3) is 2.81. The third-order valence-corrected chi connectivity index (χ3v) is 3.24. The van der Waals surface area contributed by atoms with Gasteiger partial charge in [0.05, 0.1) is 31.1 Å². The molecule has 2 aromatic rings. The minimum atomic E-state index is -0.477. The summed E-state index contributed by atoms with van der Waals surface area (Å²) in [5.74, 6) is 0.00489. The number of nitro benzene ring substituents is 1. The second-order valence-corrected chi connectivity index (χ2v) is 4.54. The van der Waals surface area contributed by atoms with E-state index in [0.717, 1.165) is 0 Å². The Morgan fingerprint density at radius 3 is 2.71 bits per heavy atom. The van der Waals surface area contributed by atoms with Gasteiger partial charge in [-0.1, -0.05) is 0 Å². The molecule has 0 fully saturated rings. The molecule has 0 aliphatic carbocycles. The molecule has 7 heteroatoms. The van der Waals surface area contributed by atoms with Crippen LogP contribution in [0, 0.1) is 17.0 Å². The fourth-order valence-corrected chi connectivity index (χ4v) is 2.28. The number of esters is 1. The summed E-state index contributed by atoms with van der Waals surface area (Å²) in [7, 11) is 1.44. The monoisotopic (exact) mass is 292 g/mol. The fourth-order valence-electron chi connectivity index (χ4n) is 2.28. The summed E-state index contributed by atoms with van der Waals surface area (Å²) in [4.78, 5) is 25.3. The van der Waals surface area contributed by atoms with E-state index in [2.05, 4.69) is 4.98 Å². The number of fused-ring (bicyclic) bond motifs is 1. The van der Waals surface area contributed by atoms with Gasteiger partial charge < -0.3 is 14.5 Å². The predicted molar refractivity (Wildman–Crippen MR) is 76.6 cm³/mol. The Morgan fingerprint density at radius 2 is 2.14 bits per heavy atom. The number of benzene rings is 1. The van der Waals surface area contributed by atoms with Crippen LogP contribution >= 0.6 is 0 Å². The molecule has 1 N–H and O–H groups in total. The average molecular weight is 292 g/mol. The zero-order valence-corrected chi connectivity index (χ0v) is 12.1. The van der Waals surface area contributed by atoms with Crippen molar-refractivity contribution in [1.29, 1.82) is 0 Å². The van der Waals surface area contributed by atoms with E-state index in [-0.39, 0.29) is 18.1 Å². The molecular formula is C14H16N2O5. The summed E-state index contributed by atoms with van der Waals surface area (Å²) in [6, 6.07) is 3.03. The van der Waals surface area contributed by atoms with Crippen molar-refractivity contribution in [2.45, 2.75) is 20.3 Å². The van der Waals surface area contributed by atoms with Crippen molar-refractivity contribution in [2.75, 3.05) is 13.7 Å². The maximum absolute atomic E-state index is 11.7. The number of methoxy groups -OCH3 is 1. The normalized spacial score (nSPS) is 10.6. The lowest BCUT2D eigenvalue weighted by Crippen LogP contribution is -2.08. The minimum Gasteiger partial charge on any atom is -0.496 e. The van der Waals surface area contributed by atoms with Gasteiger partial charge in [-0.2, -0.15) is 0 Å². The van der Waals surface area contributed by atoms with Crippen molar-refractivity contribution >= 4 is 22.6 Å². The number of H-pyrrole nitrogens is 1. The van der Waals surface area contributed by atoms with Crippen molar-refractivity contribution in [1.82, 2.24) is 4.98 Å². The molecule has 0 aliphatic heterocycles. The molecule has 112 valence electrons. The van der Waals surface area contributed by atoms with Gasteiger partial charge >= 0.3 is 5.97 Å². The summed E-state index contributed by atoms with van der Waals surface area (Å²) in [5.41, 5.74) is 1.69. The largest absolute Gasteiger partial charge is 0.496 e. The van der Waals surface area contributed by atoms with E-state index in [1.807, 2.05) is 0 Å². The van der Waals surface area contributed by atoms with E-state index in [9.17, 15) is 14.9 Å². The van der Waals surface area contributed by atoms with Gasteiger partial charge in [-0.25, -0.2) is 0 Å². The standard InChI is InChI=1S/C14H16N2O5/c1-4-21-13(17)7-10-8(2)15-14-11(10)5-9(20-3)6-12(14)16(18)19/h5-6,15H,4,7H2,1-3H3. The van der Waals surface area contributed by atoms with Crippen molar-refractivity contribution in [3.8, 4) is 5.75 Å². The number of nitrogens with zero attached hydrogens (tertiary/aromatic N) is 1. The number of aromatic amines is 1. The number of carbonyl (C=O) groups excluding carboxylic acids is 1. The van der Waals surface area contributed by atoms with Gasteiger partial charge in [0.15, 0.2) is 0 Å². The third-order valence-electron chi connectivity index (χ3n) is 3.24. The van der Waals surface area contributed by atoms with Crippen LogP contribution in [0.15, 0.2) is 12.1 Å². The van der Waals surface area contributed by atoms with Gasteiger partial charge in [-0.3, -0.25) is 14.9 Å². The molecule has 0 amide bonds. The predicted octanol–water partition coefficient (Wildman–Crippen LogP) is 2.50. The second-order valence-electron chi connectivity index (χ2n) is 4.54. The highest BCUT2D eigenvalue weighted by molar-refractivity contribution is 5.95. The second kappa shape index (κ2) is 5.82. The number of carbonyl (C=O) groups is 1. The first kappa shape index (κ1) is 14.8. The van der Waals surface area contributed by atoms with E-state index in [1.165, 1.54) is 13.2 Å². The number of aryl methyl sites for hydroxylation is 1. The van der Waals surface area contributed by atoms with Gasteiger partial charge in [0, 0.05) is 11.1 Å². The summed E-state index contributed by atoms with van der Waals surface area (Å²) < 4.78 is 10.0. The fraction of sp³-hybridized carbons (Fsp3) is 0.357. The summed E-state index contributed by atoms with van der Waals surface area (Å²) in [6.07, 6.45) is 0.0595. The topological polar surface area (TPSA) is 94.5 Å². The van der Waals surface area contributed by atoms with Crippen LogP contribution in [0.2, 0.25) is 0 Å². The molecule has 0 radical (unpaired) electrons. The van der Waals surface area contributed by atoms with Gasteiger partial charge in [-0.15, -0.1) is 0 Å². The Hall–Kier alpha value is -2.57. The number of non-ortho nitro benzene ring substituents is 1. The number of hydrogen-bond acceptors (Lipinski definition) is 5. The SMILES string of the molecule is CCOC(=O)Cc1c(C)[nH]c2c([N+](=O)[O-])cc(OC)cc12. The lowest BCUT2D eigenvalue weighted by atomic mass is 10.1. The van der Waals surface area contributed by atoms with Crippen molar-refractivity contribution in [2.24, 2.45) is 0 Å². The molecule has 0 spiro atoms. The summed E-state index contributed by atoms with van der Waals surface area (Å²) in [6.45, 7) is 3.79. The van der Waals surface area contributed by atoms with Crippen LogP contribution in [0.3, 0.4) is 0 Å². The highest BCUT2D eigenvalue weighted by Crippen LogP contribution is 2.34. The van der Waals surface area contributed by atoms with Crippen LogP contribution in [0.25, 0.3) is 10.9 Å². The van der Waals surface area contributed by atoms with Crippen LogP contribution < -0.4 is 4.74 Å². The molecular weight excluding hydrogens is 276 g/mol. The highest BCUT2D eigenvalue weighted by Gasteiger charge is 2.21. The number of rotatable bonds is 5. The smallest absolute Gasteiger partial charge is 0.310 e. The first-order chi connectivity index (χ1) is 9.97. The molecule has 1 aromatic carbocycles. The number of ether oxygens (including phenoxy) is 2. The van der Waals surface area contributed by atoms with Gasteiger partial charge in [0.2, 0.25) is 0 Å². The number of aromatic nitrogens is 1. The van der Waals surface area contributed by atoms with Crippen molar-refractivity contribution in [3.05, 3.63) is 33.5 Å². The molecule has 7 nitrogen and oxygen atoms in total. The average Bonchev–Trinajstić information content (AvgIpc) is 2.74. The Labute approximate surface area is 121 Å². The lowest BCUT2D eigenvalue weighted by Gasteiger charge is -2.04. The van der Waals surface area contributed by atoms with Crippen LogP contribution in [0.1, 0.15) is 18.2 Å². The molecule has 0 bridgehead atoms. The molecule has 1 aromatic heterocycles. The molecule has 1 heterocycles. The maximum atomic E-state index is 11.7. The van der Waals surface area contributed by atoms with Gasteiger partial charge in [-0.05, 0) is 25.5 Å². The Kier molecular flexibility index (Phi) is 4.11.